The molecule has 0 amide bonds. The maximum Gasteiger partial charge on any atom is 0.151 e. The molecular weight excluding hydrogens is 392 g/mol. The van der Waals surface area contributed by atoms with Crippen molar-refractivity contribution in [2.45, 2.75) is 43.6 Å². The van der Waals surface area contributed by atoms with E-state index in [-0.39, 0.29) is 6.04 Å². The minimum Gasteiger partial charge on any atom is -0.494 e. The highest BCUT2D eigenvalue weighted by atomic mass is 32.2. The zero-order valence-electron chi connectivity index (χ0n) is 17.3. The number of rotatable bonds is 7. The van der Waals surface area contributed by atoms with E-state index in [0.717, 1.165) is 42.0 Å². The van der Waals surface area contributed by atoms with Gasteiger partial charge in [0.25, 0.3) is 0 Å². The molecule has 5 nitrogen and oxygen atoms in total. The number of aromatic nitrogens is 2. The minimum absolute atomic E-state index is 0.221. The number of anilines is 1. The molecule has 1 fully saturated rings. The first-order valence-electron chi connectivity index (χ1n) is 10.3. The second-order valence-electron chi connectivity index (χ2n) is 7.90. The van der Waals surface area contributed by atoms with Crippen molar-refractivity contribution in [3.05, 3.63) is 72.8 Å². The molecule has 0 radical (unpaired) electrons. The molecular formula is C24H28N4OS. The van der Waals surface area contributed by atoms with Gasteiger partial charge in [-0.15, -0.1) is 0 Å². The van der Waals surface area contributed by atoms with Crippen LogP contribution in [0.2, 0.25) is 0 Å². The molecule has 1 aliphatic carbocycles. The van der Waals surface area contributed by atoms with Crippen LogP contribution in [0.5, 0.6) is 0 Å². The first kappa shape index (κ1) is 20.5. The number of aryl methyl sites for hydroxylation is 1. The predicted molar refractivity (Wildman–Crippen MR) is 126 cm³/mol. The van der Waals surface area contributed by atoms with Gasteiger partial charge in [-0.2, -0.15) is 11.8 Å². The molecule has 3 atom stereocenters. The Kier molecular flexibility index (Phi) is 6.13. The molecule has 2 heterocycles. The minimum atomic E-state index is 0.221. The van der Waals surface area contributed by atoms with Gasteiger partial charge in [0.2, 0.25) is 0 Å². The Balaban J connectivity index is 1.35. The lowest BCUT2D eigenvalue weighted by Gasteiger charge is -2.31. The van der Waals surface area contributed by atoms with Crippen LogP contribution < -0.4 is 11.1 Å². The van der Waals surface area contributed by atoms with Crippen molar-refractivity contribution in [3.8, 4) is 11.3 Å². The molecule has 1 aromatic heterocycles. The van der Waals surface area contributed by atoms with Crippen molar-refractivity contribution in [2.24, 2.45) is 0 Å². The molecule has 4 rings (SSSR count). The number of hydrogen-bond donors (Lipinski definition) is 2. The molecule has 6 heteroatoms. The second kappa shape index (κ2) is 8.96. The Morgan fingerprint density at radius 1 is 1.27 bits per heavy atom. The van der Waals surface area contributed by atoms with Crippen LogP contribution in [-0.4, -0.2) is 33.1 Å². The fourth-order valence-corrected chi connectivity index (χ4v) is 4.79. The Labute approximate surface area is 182 Å². The molecule has 156 valence electrons. The molecule has 2 aliphatic rings. The average molecular weight is 421 g/mol. The highest BCUT2D eigenvalue weighted by molar-refractivity contribution is 8.00. The number of nitrogen functional groups attached to an aromatic ring is 1. The summed E-state index contributed by atoms with van der Waals surface area (Å²) in [5, 5.41) is 4.00. The van der Waals surface area contributed by atoms with E-state index < -0.39 is 0 Å². The van der Waals surface area contributed by atoms with Gasteiger partial charge in [0.05, 0.1) is 23.3 Å². The maximum absolute atomic E-state index is 6.10. The highest BCUT2D eigenvalue weighted by Crippen LogP contribution is 2.31. The van der Waals surface area contributed by atoms with Gasteiger partial charge in [-0.3, -0.25) is 0 Å². The van der Waals surface area contributed by atoms with Crippen LogP contribution in [-0.2, 0) is 4.74 Å². The van der Waals surface area contributed by atoms with E-state index in [0.29, 0.717) is 28.6 Å². The summed E-state index contributed by atoms with van der Waals surface area (Å²) >= 11 is 1.96. The largest absolute Gasteiger partial charge is 0.494 e. The van der Waals surface area contributed by atoms with E-state index in [1.54, 1.807) is 6.20 Å². The summed E-state index contributed by atoms with van der Waals surface area (Å²) in [6, 6.07) is 8.44. The van der Waals surface area contributed by atoms with Gasteiger partial charge in [-0.25, -0.2) is 9.97 Å². The third-order valence-electron chi connectivity index (χ3n) is 5.40. The zero-order chi connectivity index (χ0) is 21.1. The normalized spacial score (nSPS) is 22.8. The van der Waals surface area contributed by atoms with Gasteiger partial charge in [-0.05, 0) is 19.8 Å². The van der Waals surface area contributed by atoms with Gasteiger partial charge in [0, 0.05) is 29.0 Å². The standard InChI is InChI=1S/C24H28N4OS/c1-15-4-6-18(7-5-15)22-13-26-24(25)23(28-22)17(3)27-19-8-10-21(11-9-19)30-14-20-12-16(2)29-20/h4-8,10,13,19-21,27H,2-3,9,11-12,14H2,1H3,(H2,25,26). The number of nitrogens with two attached hydrogens (primary N) is 1. The SMILES string of the molecule is C=C1CC(CSC2C=CC(NC(=C)c3nc(-c4ccc(C)cc4)cnc3N)CC2)O1. The molecule has 30 heavy (non-hydrogen) atoms. The number of benzene rings is 1. The van der Waals surface area contributed by atoms with Crippen LogP contribution in [0.1, 0.15) is 30.5 Å². The van der Waals surface area contributed by atoms with E-state index >= 15 is 0 Å². The van der Waals surface area contributed by atoms with E-state index in [1.165, 1.54) is 5.56 Å². The molecule has 0 saturated carbocycles. The van der Waals surface area contributed by atoms with Crippen molar-refractivity contribution in [2.75, 3.05) is 11.5 Å². The summed E-state index contributed by atoms with van der Waals surface area (Å²) < 4.78 is 5.52. The molecule has 1 aromatic carbocycles. The van der Waals surface area contributed by atoms with Gasteiger partial charge in [0.15, 0.2) is 5.82 Å². The molecule has 2 aromatic rings. The highest BCUT2D eigenvalue weighted by Gasteiger charge is 2.25. The van der Waals surface area contributed by atoms with Gasteiger partial charge < -0.3 is 15.8 Å². The van der Waals surface area contributed by atoms with E-state index in [1.807, 2.05) is 23.9 Å². The Morgan fingerprint density at radius 3 is 2.70 bits per heavy atom. The molecule has 3 unspecified atom stereocenters. The average Bonchev–Trinajstić information content (AvgIpc) is 2.72. The lowest BCUT2D eigenvalue weighted by molar-refractivity contribution is 0.0399. The van der Waals surface area contributed by atoms with Crippen molar-refractivity contribution in [3.63, 3.8) is 0 Å². The lowest BCUT2D eigenvalue weighted by atomic mass is 10.0. The van der Waals surface area contributed by atoms with Crippen LogP contribution >= 0.6 is 11.8 Å². The van der Waals surface area contributed by atoms with Crippen LogP contribution in [0.25, 0.3) is 17.0 Å². The van der Waals surface area contributed by atoms with Crippen LogP contribution in [0.15, 0.2) is 61.5 Å². The fourth-order valence-electron chi connectivity index (χ4n) is 3.63. The van der Waals surface area contributed by atoms with Crippen LogP contribution in [0, 0.1) is 6.92 Å². The molecule has 1 saturated heterocycles. The quantitative estimate of drug-likeness (QED) is 0.632. The van der Waals surface area contributed by atoms with E-state index in [9.17, 15) is 0 Å². The molecule has 0 spiro atoms. The van der Waals surface area contributed by atoms with Gasteiger partial charge >= 0.3 is 0 Å². The number of nitrogens with zero attached hydrogens (tertiary/aromatic N) is 2. The summed E-state index contributed by atoms with van der Waals surface area (Å²) in [7, 11) is 0. The number of nitrogens with one attached hydrogen (secondary N) is 1. The Bertz CT molecular complexity index is 962. The smallest absolute Gasteiger partial charge is 0.151 e. The van der Waals surface area contributed by atoms with Gasteiger partial charge in [0.1, 0.15) is 11.8 Å². The number of ether oxygens (including phenoxy) is 1. The van der Waals surface area contributed by atoms with Crippen molar-refractivity contribution >= 4 is 23.3 Å². The first-order valence-corrected chi connectivity index (χ1v) is 11.3. The number of thioether (sulfide) groups is 1. The Morgan fingerprint density at radius 2 is 2.03 bits per heavy atom. The van der Waals surface area contributed by atoms with E-state index in [2.05, 4.69) is 54.7 Å². The first-order chi connectivity index (χ1) is 14.5. The summed E-state index contributed by atoms with van der Waals surface area (Å²) in [5.74, 6) is 2.33. The fraction of sp³-hybridized carbons (Fsp3) is 0.333. The molecule has 0 bridgehead atoms. The topological polar surface area (TPSA) is 73.1 Å². The summed E-state index contributed by atoms with van der Waals surface area (Å²) in [6.45, 7) is 10.1. The van der Waals surface area contributed by atoms with Crippen molar-refractivity contribution in [1.82, 2.24) is 15.3 Å². The predicted octanol–water partition coefficient (Wildman–Crippen LogP) is 4.72. The van der Waals surface area contributed by atoms with Crippen LogP contribution in [0.4, 0.5) is 5.82 Å². The van der Waals surface area contributed by atoms with Gasteiger partial charge in [-0.1, -0.05) is 55.1 Å². The monoisotopic (exact) mass is 420 g/mol. The molecule has 3 N–H and O–H groups in total. The summed E-state index contributed by atoms with van der Waals surface area (Å²) in [4.78, 5) is 9.06. The second-order valence-corrected chi connectivity index (χ2v) is 9.17. The van der Waals surface area contributed by atoms with Crippen molar-refractivity contribution < 1.29 is 4.74 Å². The number of hydrogen-bond acceptors (Lipinski definition) is 6. The maximum atomic E-state index is 6.10. The Hall–Kier alpha value is -2.73. The third kappa shape index (κ3) is 4.87. The van der Waals surface area contributed by atoms with Crippen molar-refractivity contribution in [1.29, 1.82) is 0 Å². The lowest BCUT2D eigenvalue weighted by Crippen LogP contribution is -2.31. The third-order valence-corrected chi connectivity index (χ3v) is 6.78. The summed E-state index contributed by atoms with van der Waals surface area (Å²) in [6.07, 6.45) is 9.71. The zero-order valence-corrected chi connectivity index (χ0v) is 18.1. The van der Waals surface area contributed by atoms with E-state index in [4.69, 9.17) is 15.5 Å². The van der Waals surface area contributed by atoms with Crippen LogP contribution in [0.3, 0.4) is 0 Å². The summed E-state index contributed by atoms with van der Waals surface area (Å²) in [5.41, 5.74) is 10.4. The molecule has 1 aliphatic heterocycles.